The van der Waals surface area contributed by atoms with Gasteiger partial charge >= 0.3 is 0 Å². The minimum Gasteiger partial charge on any atom is -0.340 e. The summed E-state index contributed by atoms with van der Waals surface area (Å²) >= 11 is 0. The van der Waals surface area contributed by atoms with Gasteiger partial charge in [0.1, 0.15) is 5.69 Å². The maximum absolute atomic E-state index is 13.0. The molecule has 0 spiro atoms. The van der Waals surface area contributed by atoms with Gasteiger partial charge in [-0.3, -0.25) is 14.3 Å². The van der Waals surface area contributed by atoms with Gasteiger partial charge in [0, 0.05) is 45.8 Å². The monoisotopic (exact) mass is 393 g/mol. The number of Topliss-reactive ketones (excluding diaryl/α,β-unsaturated/α-hetero) is 1. The summed E-state index contributed by atoms with van der Waals surface area (Å²) < 4.78 is 3.22. The number of carbonyl (C=O) groups excluding carboxylic acids is 2. The van der Waals surface area contributed by atoms with Crippen LogP contribution < -0.4 is 4.90 Å². The molecule has 9 heteroatoms. The van der Waals surface area contributed by atoms with Crippen LogP contribution in [0, 0.1) is 0 Å². The lowest BCUT2D eigenvalue weighted by molar-refractivity contribution is 0.0647. The van der Waals surface area contributed by atoms with Gasteiger partial charge in [0.25, 0.3) is 5.91 Å². The molecule has 5 rings (SSSR count). The molecule has 1 aliphatic carbocycles. The Hall–Kier alpha value is -3.23. The standard InChI is InChI=1S/C20H23N7O2/c1-24(14-4-5-14)20-22-17-11-13(6-9-27(17)23-20)10-16(28)18-15(12-21-25(18)2)19(29)26-7-3-8-26/h6,9,11-12,14H,3-5,7-8,10H2,1-2H3. The van der Waals surface area contributed by atoms with Crippen molar-refractivity contribution in [3.63, 3.8) is 0 Å². The summed E-state index contributed by atoms with van der Waals surface area (Å²) in [6.07, 6.45) is 6.85. The molecule has 0 unspecified atom stereocenters. The molecule has 2 aliphatic rings. The number of rotatable bonds is 6. The average Bonchev–Trinajstić information content (AvgIpc) is 3.30. The van der Waals surface area contributed by atoms with Crippen LogP contribution in [0.5, 0.6) is 0 Å². The lowest BCUT2D eigenvalue weighted by Gasteiger charge is -2.30. The van der Waals surface area contributed by atoms with Crippen molar-refractivity contribution in [3.8, 4) is 0 Å². The predicted octanol–water partition coefficient (Wildman–Crippen LogP) is 1.33. The lowest BCUT2D eigenvalue weighted by Crippen LogP contribution is -2.42. The van der Waals surface area contributed by atoms with Crippen molar-refractivity contribution >= 4 is 23.3 Å². The van der Waals surface area contributed by atoms with Gasteiger partial charge in [0.05, 0.1) is 11.8 Å². The Morgan fingerprint density at radius 2 is 2.07 bits per heavy atom. The highest BCUT2D eigenvalue weighted by atomic mass is 16.2. The second kappa shape index (κ2) is 6.68. The van der Waals surface area contributed by atoms with E-state index in [1.54, 1.807) is 16.5 Å². The Balaban J connectivity index is 1.38. The van der Waals surface area contributed by atoms with E-state index in [0.29, 0.717) is 28.9 Å². The second-order valence-electron chi connectivity index (χ2n) is 7.87. The number of ketones is 1. The van der Waals surface area contributed by atoms with Crippen LogP contribution in [0.3, 0.4) is 0 Å². The zero-order chi connectivity index (χ0) is 20.1. The van der Waals surface area contributed by atoms with Crippen LogP contribution in [-0.4, -0.2) is 67.1 Å². The third kappa shape index (κ3) is 3.16. The van der Waals surface area contributed by atoms with E-state index in [-0.39, 0.29) is 18.1 Å². The zero-order valence-electron chi connectivity index (χ0n) is 16.6. The molecule has 29 heavy (non-hydrogen) atoms. The molecule has 0 bridgehead atoms. The number of likely N-dealkylation sites (tertiary alicyclic amines) is 1. The Morgan fingerprint density at radius 3 is 2.76 bits per heavy atom. The molecule has 1 amide bonds. The number of fused-ring (bicyclic) bond motifs is 1. The van der Waals surface area contributed by atoms with E-state index in [2.05, 4.69) is 20.1 Å². The summed E-state index contributed by atoms with van der Waals surface area (Å²) in [5.41, 5.74) is 2.28. The molecule has 0 radical (unpaired) electrons. The maximum Gasteiger partial charge on any atom is 0.257 e. The fourth-order valence-corrected chi connectivity index (χ4v) is 3.68. The molecule has 0 aromatic carbocycles. The summed E-state index contributed by atoms with van der Waals surface area (Å²) in [5.74, 6) is 0.450. The molecule has 1 saturated heterocycles. The SMILES string of the molecule is CN(c1nc2cc(CC(=O)c3c(C(=O)N4CCC4)cnn3C)ccn2n1)C1CC1. The number of amides is 1. The summed E-state index contributed by atoms with van der Waals surface area (Å²) in [6.45, 7) is 1.48. The van der Waals surface area contributed by atoms with Crippen molar-refractivity contribution in [1.82, 2.24) is 29.3 Å². The first-order valence-electron chi connectivity index (χ1n) is 9.94. The first kappa shape index (κ1) is 17.8. The Labute approximate surface area is 167 Å². The number of anilines is 1. The molecule has 150 valence electrons. The minimum atomic E-state index is -0.131. The Bertz CT molecular complexity index is 1110. The van der Waals surface area contributed by atoms with E-state index in [9.17, 15) is 9.59 Å². The molecule has 9 nitrogen and oxygen atoms in total. The van der Waals surface area contributed by atoms with Gasteiger partial charge < -0.3 is 9.80 Å². The van der Waals surface area contributed by atoms with Crippen LogP contribution >= 0.6 is 0 Å². The number of aromatic nitrogens is 5. The quantitative estimate of drug-likeness (QED) is 0.587. The molecule has 1 saturated carbocycles. The van der Waals surface area contributed by atoms with Gasteiger partial charge in [-0.25, -0.2) is 4.52 Å². The fraction of sp³-hybridized carbons (Fsp3) is 0.450. The zero-order valence-corrected chi connectivity index (χ0v) is 16.6. The van der Waals surface area contributed by atoms with E-state index in [1.807, 2.05) is 25.4 Å². The Kier molecular flexibility index (Phi) is 4.11. The topological polar surface area (TPSA) is 88.6 Å². The van der Waals surface area contributed by atoms with Crippen LogP contribution in [0.15, 0.2) is 24.5 Å². The number of hydrogen-bond donors (Lipinski definition) is 0. The van der Waals surface area contributed by atoms with Crippen LogP contribution in [0.4, 0.5) is 5.95 Å². The number of pyridine rings is 1. The molecule has 3 aromatic rings. The van der Waals surface area contributed by atoms with Gasteiger partial charge in [-0.15, -0.1) is 5.10 Å². The van der Waals surface area contributed by atoms with Crippen molar-refractivity contribution in [2.24, 2.45) is 7.05 Å². The highest BCUT2D eigenvalue weighted by Gasteiger charge is 2.30. The third-order valence-electron chi connectivity index (χ3n) is 5.74. The molecule has 0 N–H and O–H groups in total. The molecule has 0 atom stereocenters. The summed E-state index contributed by atoms with van der Waals surface area (Å²) in [6, 6.07) is 4.27. The second-order valence-corrected chi connectivity index (χ2v) is 7.87. The van der Waals surface area contributed by atoms with Crippen molar-refractivity contribution in [3.05, 3.63) is 41.3 Å². The number of hydrogen-bond acceptors (Lipinski definition) is 6. The summed E-state index contributed by atoms with van der Waals surface area (Å²) in [5, 5.41) is 8.67. The number of aryl methyl sites for hydroxylation is 1. The largest absolute Gasteiger partial charge is 0.340 e. The van der Waals surface area contributed by atoms with Crippen LogP contribution in [-0.2, 0) is 13.5 Å². The van der Waals surface area contributed by atoms with Crippen LogP contribution in [0.2, 0.25) is 0 Å². The number of nitrogens with zero attached hydrogens (tertiary/aromatic N) is 7. The smallest absolute Gasteiger partial charge is 0.257 e. The van der Waals surface area contributed by atoms with Gasteiger partial charge in [0.15, 0.2) is 11.4 Å². The van der Waals surface area contributed by atoms with Crippen LogP contribution in [0.1, 0.15) is 45.7 Å². The molecule has 2 fully saturated rings. The fourth-order valence-electron chi connectivity index (χ4n) is 3.68. The highest BCUT2D eigenvalue weighted by molar-refractivity contribution is 6.07. The average molecular weight is 393 g/mol. The normalized spacial score (nSPS) is 16.1. The van der Waals surface area contributed by atoms with E-state index < -0.39 is 0 Å². The van der Waals surface area contributed by atoms with E-state index in [4.69, 9.17) is 0 Å². The Morgan fingerprint density at radius 1 is 1.28 bits per heavy atom. The first-order chi connectivity index (χ1) is 14.0. The van der Waals surface area contributed by atoms with Gasteiger partial charge in [0.2, 0.25) is 5.95 Å². The van der Waals surface area contributed by atoms with Gasteiger partial charge in [-0.1, -0.05) is 0 Å². The predicted molar refractivity (Wildman–Crippen MR) is 106 cm³/mol. The molecular formula is C20H23N7O2. The van der Waals surface area contributed by atoms with Crippen molar-refractivity contribution in [1.29, 1.82) is 0 Å². The summed E-state index contributed by atoms with van der Waals surface area (Å²) in [4.78, 5) is 34.1. The number of carbonyl (C=O) groups is 2. The van der Waals surface area contributed by atoms with E-state index in [1.165, 1.54) is 23.7 Å². The van der Waals surface area contributed by atoms with Crippen molar-refractivity contribution in [2.75, 3.05) is 25.0 Å². The first-order valence-corrected chi connectivity index (χ1v) is 9.94. The highest BCUT2D eigenvalue weighted by Crippen LogP contribution is 2.28. The van der Waals surface area contributed by atoms with Crippen molar-refractivity contribution < 1.29 is 9.59 Å². The summed E-state index contributed by atoms with van der Waals surface area (Å²) in [7, 11) is 3.71. The molecular weight excluding hydrogens is 370 g/mol. The van der Waals surface area contributed by atoms with Gasteiger partial charge in [-0.05, 0) is 37.0 Å². The van der Waals surface area contributed by atoms with Crippen molar-refractivity contribution in [2.45, 2.75) is 31.7 Å². The molecule has 3 aromatic heterocycles. The van der Waals surface area contributed by atoms with Gasteiger partial charge in [-0.2, -0.15) is 10.1 Å². The lowest BCUT2D eigenvalue weighted by atomic mass is 10.0. The van der Waals surface area contributed by atoms with E-state index in [0.717, 1.165) is 25.1 Å². The molecule has 1 aliphatic heterocycles. The molecule has 4 heterocycles. The maximum atomic E-state index is 13.0. The van der Waals surface area contributed by atoms with E-state index >= 15 is 0 Å². The minimum absolute atomic E-state index is 0.117. The van der Waals surface area contributed by atoms with Crippen LogP contribution in [0.25, 0.3) is 5.65 Å². The third-order valence-corrected chi connectivity index (χ3v) is 5.74.